The van der Waals surface area contributed by atoms with Gasteiger partial charge in [0.25, 0.3) is 0 Å². The van der Waals surface area contributed by atoms with Crippen molar-refractivity contribution in [3.63, 3.8) is 0 Å². The van der Waals surface area contributed by atoms with Crippen molar-refractivity contribution >= 4 is 21.0 Å². The first-order chi connectivity index (χ1) is 2.81. The Morgan fingerprint density at radius 1 is 1.33 bits per heavy atom. The third-order valence-electron chi connectivity index (χ3n) is 0.455. The quantitative estimate of drug-likeness (QED) is 0.311. The SMILES string of the molecule is C=C(O[SiH3])O[SiH3]. The molecule has 0 aromatic heterocycles. The summed E-state index contributed by atoms with van der Waals surface area (Å²) in [6.07, 6.45) is 0. The van der Waals surface area contributed by atoms with Crippen molar-refractivity contribution in [3.05, 3.63) is 12.5 Å². The van der Waals surface area contributed by atoms with E-state index in [4.69, 9.17) is 0 Å². The molecule has 0 aliphatic heterocycles. The molecule has 4 heteroatoms. The maximum absolute atomic E-state index is 4.66. The van der Waals surface area contributed by atoms with Crippen LogP contribution in [0.4, 0.5) is 0 Å². The summed E-state index contributed by atoms with van der Waals surface area (Å²) < 4.78 is 9.31. The summed E-state index contributed by atoms with van der Waals surface area (Å²) in [4.78, 5) is 0. The monoisotopic (exact) mass is 120 g/mol. The molecule has 0 bridgehead atoms. The predicted octanol–water partition coefficient (Wildman–Crippen LogP) is -1.95. The van der Waals surface area contributed by atoms with E-state index in [-0.39, 0.29) is 0 Å². The van der Waals surface area contributed by atoms with Gasteiger partial charge in [-0.05, 0) is 6.58 Å². The molecule has 6 heavy (non-hydrogen) atoms. The molecule has 0 amide bonds. The van der Waals surface area contributed by atoms with Gasteiger partial charge in [-0.15, -0.1) is 0 Å². The first-order valence-electron chi connectivity index (χ1n) is 1.58. The summed E-state index contributed by atoms with van der Waals surface area (Å²) in [6, 6.07) is 0. The molecule has 0 aromatic rings. The van der Waals surface area contributed by atoms with Crippen LogP contribution >= 0.6 is 0 Å². The van der Waals surface area contributed by atoms with E-state index < -0.39 is 0 Å². The molecule has 36 valence electrons. The Bertz CT molecular complexity index is 47.5. The standard InChI is InChI=1S/C2H8O2Si2/c1-2(3-5)4-6/h1H2,5-6H3. The van der Waals surface area contributed by atoms with Gasteiger partial charge in [0, 0.05) is 0 Å². The van der Waals surface area contributed by atoms with Gasteiger partial charge >= 0.3 is 0 Å². The predicted molar refractivity (Wildman–Crippen MR) is 31.2 cm³/mol. The Hall–Kier alpha value is -0.226. The van der Waals surface area contributed by atoms with Gasteiger partial charge in [-0.1, -0.05) is 0 Å². The van der Waals surface area contributed by atoms with Crippen molar-refractivity contribution in [1.29, 1.82) is 0 Å². The molecule has 2 nitrogen and oxygen atoms in total. The molecule has 0 spiro atoms. The molecule has 0 heterocycles. The van der Waals surface area contributed by atoms with Crippen molar-refractivity contribution in [1.82, 2.24) is 0 Å². The minimum atomic E-state index is 0.466. The lowest BCUT2D eigenvalue weighted by Gasteiger charge is -1.99. The van der Waals surface area contributed by atoms with E-state index in [0.717, 1.165) is 0 Å². The largest absolute Gasteiger partial charge is 0.530 e. The van der Waals surface area contributed by atoms with Crippen LogP contribution in [0.2, 0.25) is 0 Å². The summed E-state index contributed by atoms with van der Waals surface area (Å²) >= 11 is 0. The average molecular weight is 120 g/mol. The second-order valence-corrected chi connectivity index (χ2v) is 1.60. The van der Waals surface area contributed by atoms with Crippen LogP contribution in [0.5, 0.6) is 0 Å². The Morgan fingerprint density at radius 2 is 1.67 bits per heavy atom. The molecule has 0 N–H and O–H groups in total. The lowest BCUT2D eigenvalue weighted by Crippen LogP contribution is -1.87. The van der Waals surface area contributed by atoms with E-state index in [2.05, 4.69) is 15.4 Å². The molecule has 0 unspecified atom stereocenters. The Balaban J connectivity index is 2.99. The highest BCUT2D eigenvalue weighted by molar-refractivity contribution is 6.00. The number of rotatable bonds is 2. The molecule has 0 rings (SSSR count). The molecular formula is C2H8O2Si2. The summed E-state index contributed by atoms with van der Waals surface area (Å²) in [7, 11) is 1.36. The Labute approximate surface area is 43.2 Å². The molecule has 0 aromatic carbocycles. The van der Waals surface area contributed by atoms with Crippen molar-refractivity contribution in [2.24, 2.45) is 0 Å². The maximum atomic E-state index is 4.66. The van der Waals surface area contributed by atoms with Gasteiger partial charge < -0.3 is 8.85 Å². The van der Waals surface area contributed by atoms with Gasteiger partial charge in [-0.25, -0.2) is 0 Å². The van der Waals surface area contributed by atoms with Crippen LogP contribution in [0.1, 0.15) is 0 Å². The fourth-order valence-electron chi connectivity index (χ4n) is 0.0833. The lowest BCUT2D eigenvalue weighted by atomic mass is 11.1. The highest BCUT2D eigenvalue weighted by Gasteiger charge is 1.75. The molecule has 0 saturated carbocycles. The molecule has 0 saturated heterocycles. The van der Waals surface area contributed by atoms with Crippen LogP contribution in [0, 0.1) is 0 Å². The molecule has 0 atom stereocenters. The van der Waals surface area contributed by atoms with Gasteiger partial charge in [0.15, 0.2) is 0 Å². The van der Waals surface area contributed by atoms with E-state index in [1.807, 2.05) is 0 Å². The summed E-state index contributed by atoms with van der Waals surface area (Å²) in [5.74, 6) is 0.466. The first-order valence-corrected chi connectivity index (χ1v) is 3.21. The van der Waals surface area contributed by atoms with Crippen LogP contribution in [0.15, 0.2) is 12.5 Å². The second-order valence-electron chi connectivity index (χ2n) is 0.780. The maximum Gasteiger partial charge on any atom is 0.242 e. The van der Waals surface area contributed by atoms with Crippen molar-refractivity contribution < 1.29 is 8.85 Å². The fraction of sp³-hybridized carbons (Fsp3) is 0. The number of hydrogen-bond donors (Lipinski definition) is 0. The molecule has 0 aliphatic carbocycles. The molecular weight excluding hydrogens is 112 g/mol. The number of hydrogen-bond acceptors (Lipinski definition) is 2. The zero-order valence-corrected chi connectivity index (χ0v) is 8.02. The summed E-state index contributed by atoms with van der Waals surface area (Å²) in [5.41, 5.74) is 0. The van der Waals surface area contributed by atoms with Crippen molar-refractivity contribution in [2.75, 3.05) is 0 Å². The van der Waals surface area contributed by atoms with Gasteiger partial charge in [0.1, 0.15) is 0 Å². The van der Waals surface area contributed by atoms with E-state index in [0.29, 0.717) is 26.9 Å². The topological polar surface area (TPSA) is 18.5 Å². The molecule has 0 fully saturated rings. The van der Waals surface area contributed by atoms with Crippen LogP contribution in [-0.4, -0.2) is 21.0 Å². The van der Waals surface area contributed by atoms with E-state index in [1.54, 1.807) is 0 Å². The lowest BCUT2D eigenvalue weighted by molar-refractivity contribution is 0.259. The highest BCUT2D eigenvalue weighted by atomic mass is 28.2. The van der Waals surface area contributed by atoms with Crippen LogP contribution < -0.4 is 0 Å². The van der Waals surface area contributed by atoms with Crippen LogP contribution in [0.25, 0.3) is 0 Å². The first kappa shape index (κ1) is 5.77. The normalized spacial score (nSPS) is 8.00. The van der Waals surface area contributed by atoms with Crippen LogP contribution in [0.3, 0.4) is 0 Å². The van der Waals surface area contributed by atoms with Crippen molar-refractivity contribution in [3.8, 4) is 0 Å². The third kappa shape index (κ3) is 2.04. The third-order valence-corrected chi connectivity index (χ3v) is 1.37. The van der Waals surface area contributed by atoms with E-state index >= 15 is 0 Å². The smallest absolute Gasteiger partial charge is 0.242 e. The molecule has 0 aliphatic rings. The van der Waals surface area contributed by atoms with Gasteiger partial charge in [-0.3, -0.25) is 0 Å². The van der Waals surface area contributed by atoms with E-state index in [9.17, 15) is 0 Å². The summed E-state index contributed by atoms with van der Waals surface area (Å²) in [5, 5.41) is 0. The Kier molecular flexibility index (Phi) is 2.87. The van der Waals surface area contributed by atoms with Gasteiger partial charge in [0.2, 0.25) is 26.9 Å². The van der Waals surface area contributed by atoms with Crippen LogP contribution in [-0.2, 0) is 8.85 Å². The summed E-state index contributed by atoms with van der Waals surface area (Å²) in [6.45, 7) is 3.42. The van der Waals surface area contributed by atoms with Gasteiger partial charge in [-0.2, -0.15) is 0 Å². The Morgan fingerprint density at radius 3 is 1.67 bits per heavy atom. The van der Waals surface area contributed by atoms with Gasteiger partial charge in [0.05, 0.1) is 0 Å². The highest BCUT2D eigenvalue weighted by Crippen LogP contribution is 1.83. The minimum absolute atomic E-state index is 0.466. The second kappa shape index (κ2) is 2.98. The zero-order valence-electron chi connectivity index (χ0n) is 4.02. The minimum Gasteiger partial charge on any atom is -0.530 e. The average Bonchev–Trinajstić information content (AvgIpc) is 1.65. The van der Waals surface area contributed by atoms with Crippen molar-refractivity contribution in [2.45, 2.75) is 0 Å². The molecule has 0 radical (unpaired) electrons. The zero-order chi connectivity index (χ0) is 4.99. The van der Waals surface area contributed by atoms with E-state index in [1.165, 1.54) is 0 Å². The fourth-order valence-corrected chi connectivity index (χ4v) is 0.750.